The maximum Gasteiger partial charge on any atom is 0.206 e. The van der Waals surface area contributed by atoms with Crippen molar-refractivity contribution in [1.82, 2.24) is 15.2 Å². The maximum atomic E-state index is 6.93. The smallest absolute Gasteiger partial charge is 0.206 e. The predicted octanol–water partition coefficient (Wildman–Crippen LogP) is 7.99. The largest absolute Gasteiger partial charge is 0.373 e. The van der Waals surface area contributed by atoms with Crippen LogP contribution in [-0.2, 0) is 10.2 Å². The second kappa shape index (κ2) is 12.0. The molecule has 1 aromatic heterocycles. The number of ether oxygens (including phenoxy) is 1. The number of aromatic nitrogens is 1. The number of fused-ring (bicyclic) bond motifs is 4. The van der Waals surface area contributed by atoms with E-state index in [9.17, 15) is 0 Å². The molecule has 6 nitrogen and oxygen atoms in total. The van der Waals surface area contributed by atoms with Crippen LogP contribution in [0.25, 0.3) is 5.70 Å². The van der Waals surface area contributed by atoms with E-state index in [1.807, 2.05) is 18.3 Å². The molecule has 4 aliphatic rings. The molecular weight excluding hydrogens is 603 g/mol. The number of pyridine rings is 1. The molecule has 1 N–H and O–H groups in total. The summed E-state index contributed by atoms with van der Waals surface area (Å²) in [6.07, 6.45) is 4.54. The summed E-state index contributed by atoms with van der Waals surface area (Å²) in [5.74, 6) is 2.00. The Hall–Kier alpha value is -5.33. The number of amidine groups is 1. The molecule has 4 aromatic carbocycles. The summed E-state index contributed by atoms with van der Waals surface area (Å²) in [7, 11) is 0. The van der Waals surface area contributed by atoms with E-state index in [1.165, 1.54) is 33.5 Å². The molecule has 1 saturated heterocycles. The van der Waals surface area contributed by atoms with Gasteiger partial charge in [0.1, 0.15) is 5.84 Å². The van der Waals surface area contributed by atoms with Crippen LogP contribution >= 0.6 is 0 Å². The fourth-order valence-corrected chi connectivity index (χ4v) is 8.86. The molecule has 5 atom stereocenters. The van der Waals surface area contributed by atoms with Crippen molar-refractivity contribution >= 4 is 17.5 Å². The van der Waals surface area contributed by atoms with Crippen molar-refractivity contribution in [3.8, 4) is 0 Å². The normalized spacial score (nSPS) is 25.3. The number of nitrogens with one attached hydrogen (secondary N) is 1. The van der Waals surface area contributed by atoms with Gasteiger partial charge in [0.05, 0.1) is 17.2 Å². The lowest BCUT2D eigenvalue weighted by atomic mass is 9.59. The van der Waals surface area contributed by atoms with Gasteiger partial charge in [-0.2, -0.15) is 0 Å². The molecule has 1 aliphatic carbocycles. The van der Waals surface area contributed by atoms with Gasteiger partial charge in [-0.1, -0.05) is 128 Å². The number of nitrogens with zero attached hydrogens (tertiary/aromatic N) is 4. The molecule has 6 heteroatoms. The fraction of sp³-hybridized carbons (Fsp3) is 0.233. The van der Waals surface area contributed by atoms with Gasteiger partial charge in [-0.25, -0.2) is 9.98 Å². The number of rotatable bonds is 4. The van der Waals surface area contributed by atoms with Crippen molar-refractivity contribution in [3.05, 3.63) is 179 Å². The van der Waals surface area contributed by atoms with Crippen molar-refractivity contribution in [3.63, 3.8) is 0 Å². The van der Waals surface area contributed by atoms with Gasteiger partial charge in [-0.3, -0.25) is 4.98 Å². The highest BCUT2D eigenvalue weighted by atomic mass is 16.5. The predicted molar refractivity (Wildman–Crippen MR) is 195 cm³/mol. The van der Waals surface area contributed by atoms with Crippen molar-refractivity contribution in [2.75, 3.05) is 6.61 Å². The number of hydrogen-bond donors (Lipinski definition) is 1. The van der Waals surface area contributed by atoms with Crippen LogP contribution in [0.1, 0.15) is 59.8 Å². The molecule has 0 saturated carbocycles. The molecule has 5 unspecified atom stereocenters. The van der Waals surface area contributed by atoms with Crippen LogP contribution in [0.3, 0.4) is 0 Å². The lowest BCUT2D eigenvalue weighted by molar-refractivity contribution is 0.0999. The van der Waals surface area contributed by atoms with E-state index < -0.39 is 5.41 Å². The summed E-state index contributed by atoms with van der Waals surface area (Å²) in [6, 6.07) is 45.1. The first-order valence-corrected chi connectivity index (χ1v) is 17.4. The Bertz CT molecular complexity index is 2040. The van der Waals surface area contributed by atoms with Crippen molar-refractivity contribution in [1.29, 1.82) is 0 Å². The lowest BCUT2D eigenvalue weighted by Gasteiger charge is -2.43. The number of guanidine groups is 1. The van der Waals surface area contributed by atoms with Gasteiger partial charge in [-0.15, -0.1) is 0 Å². The molecule has 0 amide bonds. The Kier molecular flexibility index (Phi) is 7.28. The Labute approximate surface area is 287 Å². The molecular formula is C43H39N5O. The first-order chi connectivity index (χ1) is 24.2. The quantitative estimate of drug-likeness (QED) is 0.216. The van der Waals surface area contributed by atoms with E-state index in [1.54, 1.807) is 0 Å². The van der Waals surface area contributed by atoms with Crippen molar-refractivity contribution < 1.29 is 4.74 Å². The SMILES string of the molecule is CC1C2=C(c3ccncc3C(c3ccccc3)(c3ccccc3)C3CCOC23)N(C2=NC(c3ccccc3)N=C(c3ccccc3)N2)C1C. The van der Waals surface area contributed by atoms with E-state index in [0.717, 1.165) is 29.3 Å². The van der Waals surface area contributed by atoms with Crippen LogP contribution in [0.15, 0.2) is 155 Å². The standard InChI is InChI=1S/C43H39N5O/c1-28-29(2)48(42-46-40(30-15-7-3-8-16-30)45-41(47-42)31-17-9-4-10-18-31)38-34-23-25-44-27-36(34)43(32-19-11-5-12-20-32,33-21-13-6-14-22-33)35-24-26-49-39(35)37(28)38/h3-23,25,27-29,35,39-40H,24,26H2,1-2H3,(H,45,46,47). The second-order valence-electron chi connectivity index (χ2n) is 13.6. The minimum Gasteiger partial charge on any atom is -0.373 e. The van der Waals surface area contributed by atoms with E-state index >= 15 is 0 Å². The van der Waals surface area contributed by atoms with Crippen molar-refractivity contribution in [2.24, 2.45) is 21.8 Å². The highest BCUT2D eigenvalue weighted by Gasteiger charge is 2.57. The molecule has 0 radical (unpaired) electrons. The van der Waals surface area contributed by atoms with Crippen molar-refractivity contribution in [2.45, 2.75) is 44.0 Å². The summed E-state index contributed by atoms with van der Waals surface area (Å²) in [5.41, 5.74) is 9.05. The van der Waals surface area contributed by atoms with Gasteiger partial charge >= 0.3 is 0 Å². The first kappa shape index (κ1) is 29.8. The Morgan fingerprint density at radius 3 is 2.06 bits per heavy atom. The van der Waals surface area contributed by atoms with Crippen LogP contribution in [0.4, 0.5) is 0 Å². The molecule has 5 aromatic rings. The van der Waals surface area contributed by atoms with Gasteiger partial charge in [0.25, 0.3) is 0 Å². The van der Waals surface area contributed by atoms with Gasteiger partial charge in [-0.05, 0) is 47.2 Å². The maximum absolute atomic E-state index is 6.93. The summed E-state index contributed by atoms with van der Waals surface area (Å²) < 4.78 is 6.93. The zero-order valence-corrected chi connectivity index (χ0v) is 27.8. The molecule has 0 bridgehead atoms. The summed E-state index contributed by atoms with van der Waals surface area (Å²) in [5, 5.41) is 3.73. The molecule has 4 heterocycles. The van der Waals surface area contributed by atoms with Crippen LogP contribution in [-0.4, -0.2) is 40.4 Å². The summed E-state index contributed by atoms with van der Waals surface area (Å²) in [6.45, 7) is 5.40. The van der Waals surface area contributed by atoms with E-state index in [-0.39, 0.29) is 30.1 Å². The number of aliphatic imine (C=N–C) groups is 2. The van der Waals surface area contributed by atoms with Gasteiger partial charge < -0.3 is 15.0 Å². The highest BCUT2D eigenvalue weighted by Crippen LogP contribution is 2.59. The zero-order valence-electron chi connectivity index (χ0n) is 27.8. The monoisotopic (exact) mass is 641 g/mol. The van der Waals surface area contributed by atoms with Crippen LogP contribution in [0.5, 0.6) is 0 Å². The topological polar surface area (TPSA) is 62.1 Å². The molecule has 0 spiro atoms. The second-order valence-corrected chi connectivity index (χ2v) is 13.6. The lowest BCUT2D eigenvalue weighted by Crippen LogP contribution is -2.49. The average Bonchev–Trinajstić information content (AvgIpc) is 3.73. The Balaban J connectivity index is 1.29. The molecule has 1 fully saturated rings. The zero-order chi connectivity index (χ0) is 33.0. The van der Waals surface area contributed by atoms with Crippen LogP contribution in [0.2, 0.25) is 0 Å². The third-order valence-corrected chi connectivity index (χ3v) is 11.1. The molecule has 49 heavy (non-hydrogen) atoms. The Morgan fingerprint density at radius 2 is 1.39 bits per heavy atom. The summed E-state index contributed by atoms with van der Waals surface area (Å²) in [4.78, 5) is 17.8. The third-order valence-electron chi connectivity index (χ3n) is 11.1. The van der Waals surface area contributed by atoms with Gasteiger partial charge in [0.2, 0.25) is 5.96 Å². The molecule has 242 valence electrons. The number of benzene rings is 4. The van der Waals surface area contributed by atoms with Gasteiger partial charge in [0.15, 0.2) is 6.17 Å². The van der Waals surface area contributed by atoms with E-state index in [2.05, 4.69) is 146 Å². The number of hydrogen-bond acceptors (Lipinski definition) is 6. The van der Waals surface area contributed by atoms with E-state index in [0.29, 0.717) is 6.61 Å². The molecule has 3 aliphatic heterocycles. The van der Waals surface area contributed by atoms with Crippen LogP contribution < -0.4 is 5.32 Å². The van der Waals surface area contributed by atoms with Crippen LogP contribution in [0, 0.1) is 11.8 Å². The van der Waals surface area contributed by atoms with Gasteiger partial charge in [0, 0.05) is 48.0 Å². The average molecular weight is 642 g/mol. The fourth-order valence-electron chi connectivity index (χ4n) is 8.86. The minimum atomic E-state index is -0.475. The third kappa shape index (κ3) is 4.61. The minimum absolute atomic E-state index is 0.0818. The molecule has 9 rings (SSSR count). The Morgan fingerprint density at radius 1 is 0.755 bits per heavy atom. The summed E-state index contributed by atoms with van der Waals surface area (Å²) >= 11 is 0. The highest BCUT2D eigenvalue weighted by molar-refractivity contribution is 6.12. The first-order valence-electron chi connectivity index (χ1n) is 17.4. The van der Waals surface area contributed by atoms with E-state index in [4.69, 9.17) is 19.7 Å².